The van der Waals surface area contributed by atoms with Gasteiger partial charge in [-0.3, -0.25) is 10.2 Å². The Morgan fingerprint density at radius 3 is 2.53 bits per heavy atom. The number of hydrogen-bond donors (Lipinski definition) is 3. The molecule has 0 saturated heterocycles. The second-order valence-corrected chi connectivity index (χ2v) is 3.89. The Labute approximate surface area is 102 Å². The molecule has 0 aromatic heterocycles. The molecule has 0 atom stereocenters. The predicted molar refractivity (Wildman–Crippen MR) is 68.9 cm³/mol. The van der Waals surface area contributed by atoms with Gasteiger partial charge in [-0.05, 0) is 19.4 Å². The summed E-state index contributed by atoms with van der Waals surface area (Å²) in [5.41, 5.74) is 6.09. The van der Waals surface area contributed by atoms with Crippen molar-refractivity contribution in [1.82, 2.24) is 5.32 Å². The minimum absolute atomic E-state index is 0.101. The van der Waals surface area contributed by atoms with Gasteiger partial charge in [-0.15, -0.1) is 0 Å². The summed E-state index contributed by atoms with van der Waals surface area (Å²) in [6, 6.07) is 9.17. The molecule has 0 aliphatic heterocycles. The number of carbonyl (C=O) groups excluding carboxylic acids is 1. The highest BCUT2D eigenvalue weighted by Gasteiger charge is 2.05. The molecule has 4 N–H and O–H groups in total. The van der Waals surface area contributed by atoms with Gasteiger partial charge in [0.1, 0.15) is 5.84 Å². The Hall–Kier alpha value is -1.68. The molecule has 0 spiro atoms. The van der Waals surface area contributed by atoms with Gasteiger partial charge in [0.25, 0.3) is 0 Å². The first kappa shape index (κ1) is 13.4. The number of hydrogen-bond acceptors (Lipinski definition) is 3. The van der Waals surface area contributed by atoms with Crippen molar-refractivity contribution in [1.29, 1.82) is 5.41 Å². The monoisotopic (exact) mass is 233 g/mol. The van der Waals surface area contributed by atoms with Gasteiger partial charge in [0.15, 0.2) is 0 Å². The van der Waals surface area contributed by atoms with Gasteiger partial charge in [-0.25, -0.2) is 0 Å². The fraction of sp³-hybridized carbons (Fsp3) is 0.385. The number of amides is 1. The molecule has 1 amide bonds. The molecule has 0 unspecified atom stereocenters. The lowest BCUT2D eigenvalue weighted by atomic mass is 10.1. The van der Waals surface area contributed by atoms with Gasteiger partial charge in [0.2, 0.25) is 5.91 Å². The number of rotatable bonds is 6. The molecule has 0 aliphatic carbocycles. The Morgan fingerprint density at radius 1 is 1.18 bits per heavy atom. The summed E-state index contributed by atoms with van der Waals surface area (Å²) >= 11 is 0. The third-order valence-corrected chi connectivity index (χ3v) is 2.43. The average molecular weight is 233 g/mol. The lowest BCUT2D eigenvalue weighted by Crippen LogP contribution is -2.30. The van der Waals surface area contributed by atoms with Crippen LogP contribution >= 0.6 is 0 Å². The second kappa shape index (κ2) is 7.57. The standard InChI is InChI=1S/C13H19N3O/c14-10-6-2-5-9-12(17)16-13(15)11-7-3-1-4-8-11/h1,3-4,7-8H,2,5-6,9-10,14H2,(H2,15,16,17). The summed E-state index contributed by atoms with van der Waals surface area (Å²) < 4.78 is 0. The van der Waals surface area contributed by atoms with E-state index in [1.54, 1.807) is 12.1 Å². The van der Waals surface area contributed by atoms with E-state index in [1.165, 1.54) is 0 Å². The van der Waals surface area contributed by atoms with E-state index in [0.29, 0.717) is 13.0 Å². The first-order valence-corrected chi connectivity index (χ1v) is 5.88. The quantitative estimate of drug-likeness (QED) is 0.397. The average Bonchev–Trinajstić information content (AvgIpc) is 2.36. The molecule has 0 radical (unpaired) electrons. The Morgan fingerprint density at radius 2 is 1.88 bits per heavy atom. The molecule has 0 bridgehead atoms. The van der Waals surface area contributed by atoms with E-state index >= 15 is 0 Å². The lowest BCUT2D eigenvalue weighted by Gasteiger charge is -2.06. The molecular formula is C13H19N3O. The van der Waals surface area contributed by atoms with Crippen molar-refractivity contribution >= 4 is 11.7 Å². The van der Waals surface area contributed by atoms with Crippen LogP contribution in [0.4, 0.5) is 0 Å². The Balaban J connectivity index is 2.29. The fourth-order valence-corrected chi connectivity index (χ4v) is 1.49. The number of benzene rings is 1. The van der Waals surface area contributed by atoms with Gasteiger partial charge in [0, 0.05) is 12.0 Å². The zero-order valence-electron chi connectivity index (χ0n) is 9.91. The van der Waals surface area contributed by atoms with Gasteiger partial charge in [-0.2, -0.15) is 0 Å². The minimum Gasteiger partial charge on any atom is -0.330 e. The molecule has 0 fully saturated rings. The highest BCUT2D eigenvalue weighted by atomic mass is 16.1. The number of nitrogens with two attached hydrogens (primary N) is 1. The van der Waals surface area contributed by atoms with Crippen molar-refractivity contribution in [3.8, 4) is 0 Å². The van der Waals surface area contributed by atoms with Crippen LogP contribution in [0.25, 0.3) is 0 Å². The van der Waals surface area contributed by atoms with E-state index in [0.717, 1.165) is 24.8 Å². The normalized spacial score (nSPS) is 9.94. The maximum Gasteiger partial charge on any atom is 0.225 e. The van der Waals surface area contributed by atoms with Gasteiger partial charge >= 0.3 is 0 Å². The molecule has 0 saturated carbocycles. The largest absolute Gasteiger partial charge is 0.330 e. The van der Waals surface area contributed by atoms with E-state index in [2.05, 4.69) is 5.32 Å². The molecule has 1 aromatic carbocycles. The third kappa shape index (κ3) is 5.26. The van der Waals surface area contributed by atoms with Crippen LogP contribution in [-0.2, 0) is 4.79 Å². The Bertz CT molecular complexity index is 362. The summed E-state index contributed by atoms with van der Waals surface area (Å²) in [5.74, 6) is 0.0605. The SMILES string of the molecule is N=C(NC(=O)CCCCCN)c1ccccc1. The van der Waals surface area contributed by atoms with Crippen LogP contribution in [0.5, 0.6) is 0 Å². The van der Waals surface area contributed by atoms with E-state index < -0.39 is 0 Å². The van der Waals surface area contributed by atoms with Gasteiger partial charge < -0.3 is 11.1 Å². The zero-order valence-corrected chi connectivity index (χ0v) is 9.91. The van der Waals surface area contributed by atoms with Crippen LogP contribution in [0, 0.1) is 5.41 Å². The molecule has 4 heteroatoms. The molecule has 92 valence electrons. The molecule has 17 heavy (non-hydrogen) atoms. The van der Waals surface area contributed by atoms with Crippen LogP contribution in [-0.4, -0.2) is 18.3 Å². The van der Waals surface area contributed by atoms with E-state index in [1.807, 2.05) is 18.2 Å². The van der Waals surface area contributed by atoms with E-state index in [9.17, 15) is 4.79 Å². The molecular weight excluding hydrogens is 214 g/mol. The third-order valence-electron chi connectivity index (χ3n) is 2.43. The number of nitrogens with one attached hydrogen (secondary N) is 2. The minimum atomic E-state index is -0.101. The van der Waals surface area contributed by atoms with Crippen molar-refractivity contribution in [2.24, 2.45) is 5.73 Å². The van der Waals surface area contributed by atoms with Crippen molar-refractivity contribution in [3.63, 3.8) is 0 Å². The summed E-state index contributed by atoms with van der Waals surface area (Å²) in [6.07, 6.45) is 3.19. The molecule has 1 aromatic rings. The highest BCUT2D eigenvalue weighted by Crippen LogP contribution is 2.01. The molecule has 0 aliphatic rings. The van der Waals surface area contributed by atoms with E-state index in [-0.39, 0.29) is 11.7 Å². The zero-order chi connectivity index (χ0) is 12.5. The summed E-state index contributed by atoms with van der Waals surface area (Å²) in [4.78, 5) is 11.5. The van der Waals surface area contributed by atoms with E-state index in [4.69, 9.17) is 11.1 Å². The van der Waals surface area contributed by atoms with Crippen LogP contribution in [0.2, 0.25) is 0 Å². The van der Waals surface area contributed by atoms with Crippen molar-refractivity contribution in [2.75, 3.05) is 6.54 Å². The number of unbranched alkanes of at least 4 members (excludes halogenated alkanes) is 2. The lowest BCUT2D eigenvalue weighted by molar-refractivity contribution is -0.119. The molecule has 1 rings (SSSR count). The second-order valence-electron chi connectivity index (χ2n) is 3.89. The fourth-order valence-electron chi connectivity index (χ4n) is 1.49. The van der Waals surface area contributed by atoms with Crippen LogP contribution in [0.15, 0.2) is 30.3 Å². The van der Waals surface area contributed by atoms with Crippen LogP contribution < -0.4 is 11.1 Å². The van der Waals surface area contributed by atoms with Crippen molar-refractivity contribution in [2.45, 2.75) is 25.7 Å². The summed E-state index contributed by atoms with van der Waals surface area (Å²) in [7, 11) is 0. The Kier molecular flexibility index (Phi) is 5.96. The van der Waals surface area contributed by atoms with Crippen LogP contribution in [0.3, 0.4) is 0 Å². The van der Waals surface area contributed by atoms with Crippen LogP contribution in [0.1, 0.15) is 31.2 Å². The highest BCUT2D eigenvalue weighted by molar-refractivity contribution is 6.06. The smallest absolute Gasteiger partial charge is 0.225 e. The maximum absolute atomic E-state index is 11.5. The van der Waals surface area contributed by atoms with Gasteiger partial charge in [0.05, 0.1) is 0 Å². The first-order chi connectivity index (χ1) is 8.24. The summed E-state index contributed by atoms with van der Waals surface area (Å²) in [6.45, 7) is 0.668. The van der Waals surface area contributed by atoms with Crippen molar-refractivity contribution < 1.29 is 4.79 Å². The number of amidine groups is 1. The number of carbonyl (C=O) groups is 1. The van der Waals surface area contributed by atoms with Crippen molar-refractivity contribution in [3.05, 3.63) is 35.9 Å². The predicted octanol–water partition coefficient (Wildman–Crippen LogP) is 1.65. The molecule has 4 nitrogen and oxygen atoms in total. The van der Waals surface area contributed by atoms with Gasteiger partial charge in [-0.1, -0.05) is 36.8 Å². The summed E-state index contributed by atoms with van der Waals surface area (Å²) in [5, 5.41) is 10.3. The topological polar surface area (TPSA) is 79.0 Å². The first-order valence-electron chi connectivity index (χ1n) is 5.88. The maximum atomic E-state index is 11.5. The molecule has 0 heterocycles.